The number of hydrogen-bond donors (Lipinski definition) is 0. The minimum absolute atomic E-state index is 0.0221. The molecule has 0 radical (unpaired) electrons. The van der Waals surface area contributed by atoms with E-state index in [0.29, 0.717) is 27.9 Å². The lowest BCUT2D eigenvalue weighted by atomic mass is 10.3. The van der Waals surface area contributed by atoms with Crippen molar-refractivity contribution in [2.24, 2.45) is 0 Å². The summed E-state index contributed by atoms with van der Waals surface area (Å²) in [4.78, 5) is 16.3. The summed E-state index contributed by atoms with van der Waals surface area (Å²) in [6.45, 7) is 1.84. The minimum atomic E-state index is -0.523. The Bertz CT molecular complexity index is 1130. The van der Waals surface area contributed by atoms with Crippen LogP contribution in [0.4, 0.5) is 0 Å². The first-order valence-electron chi connectivity index (χ1n) is 8.61. The van der Waals surface area contributed by atoms with E-state index in [1.165, 1.54) is 12.2 Å². The van der Waals surface area contributed by atoms with Crippen molar-refractivity contribution in [1.82, 2.24) is 14.8 Å². The van der Waals surface area contributed by atoms with Crippen LogP contribution in [0.5, 0.6) is 0 Å². The van der Waals surface area contributed by atoms with Crippen molar-refractivity contribution in [3.63, 3.8) is 0 Å². The first-order chi connectivity index (χ1) is 13.6. The molecule has 0 saturated heterocycles. The van der Waals surface area contributed by atoms with E-state index in [-0.39, 0.29) is 6.61 Å². The van der Waals surface area contributed by atoms with Gasteiger partial charge in [-0.1, -0.05) is 41.9 Å². The van der Waals surface area contributed by atoms with Gasteiger partial charge in [-0.05, 0) is 31.2 Å². The molecule has 2 aromatic carbocycles. The topological polar surface area (TPSA) is 70.2 Å². The van der Waals surface area contributed by atoms with Crippen molar-refractivity contribution in [3.05, 3.63) is 83.0 Å². The number of nitrogens with zero attached hydrogens (tertiary/aromatic N) is 3. The number of aromatic nitrogens is 3. The predicted molar refractivity (Wildman–Crippen MR) is 106 cm³/mol. The summed E-state index contributed by atoms with van der Waals surface area (Å²) in [5.74, 6) is -0.186. The molecule has 0 N–H and O–H groups in total. The molecule has 7 heteroatoms. The van der Waals surface area contributed by atoms with Crippen molar-refractivity contribution in [1.29, 1.82) is 0 Å². The summed E-state index contributed by atoms with van der Waals surface area (Å²) >= 11 is 6.43. The molecule has 0 spiro atoms. The van der Waals surface area contributed by atoms with Crippen LogP contribution in [-0.4, -0.2) is 20.7 Å². The molecule has 0 aliphatic rings. The van der Waals surface area contributed by atoms with Crippen molar-refractivity contribution in [2.75, 3.05) is 0 Å². The second kappa shape index (κ2) is 7.70. The van der Waals surface area contributed by atoms with Crippen molar-refractivity contribution in [2.45, 2.75) is 13.5 Å². The Labute approximate surface area is 166 Å². The van der Waals surface area contributed by atoms with Crippen LogP contribution in [0.2, 0.25) is 5.15 Å². The Morgan fingerprint density at radius 3 is 2.71 bits per heavy atom. The van der Waals surface area contributed by atoms with Crippen LogP contribution in [0.15, 0.2) is 65.1 Å². The number of para-hydroxylation sites is 3. The highest BCUT2D eigenvalue weighted by molar-refractivity contribution is 6.30. The fourth-order valence-electron chi connectivity index (χ4n) is 2.73. The van der Waals surface area contributed by atoms with Crippen molar-refractivity contribution >= 4 is 34.7 Å². The average Bonchev–Trinajstić information content (AvgIpc) is 3.26. The first kappa shape index (κ1) is 18.0. The summed E-state index contributed by atoms with van der Waals surface area (Å²) in [6.07, 6.45) is 2.75. The number of fused-ring (bicyclic) bond motifs is 1. The van der Waals surface area contributed by atoms with Gasteiger partial charge in [-0.25, -0.2) is 14.5 Å². The van der Waals surface area contributed by atoms with Gasteiger partial charge < -0.3 is 9.15 Å². The smallest absolute Gasteiger partial charge is 0.331 e. The number of carbonyl (C=O) groups excluding carboxylic acids is 1. The maximum absolute atomic E-state index is 12.1. The molecular formula is C21H16ClN3O3. The normalized spacial score (nSPS) is 11.4. The molecule has 2 aromatic heterocycles. The number of benzene rings is 2. The SMILES string of the molecule is Cc1nn(-c2ccccc2)c(Cl)c1COC(=O)/C=C/c1nc2ccccc2o1. The monoisotopic (exact) mass is 393 g/mol. The number of ether oxygens (including phenoxy) is 1. The quantitative estimate of drug-likeness (QED) is 0.362. The second-order valence-electron chi connectivity index (χ2n) is 6.06. The predicted octanol–water partition coefficient (Wildman–Crippen LogP) is 4.73. The largest absolute Gasteiger partial charge is 0.457 e. The van der Waals surface area contributed by atoms with E-state index in [1.807, 2.05) is 61.5 Å². The van der Waals surface area contributed by atoms with Gasteiger partial charge in [0.05, 0.1) is 11.4 Å². The van der Waals surface area contributed by atoms with Gasteiger partial charge in [-0.3, -0.25) is 0 Å². The number of hydrogen-bond acceptors (Lipinski definition) is 5. The molecule has 0 atom stereocenters. The van der Waals surface area contributed by atoms with E-state index in [1.54, 1.807) is 4.68 Å². The molecular weight excluding hydrogens is 378 g/mol. The van der Waals surface area contributed by atoms with Crippen LogP contribution in [-0.2, 0) is 16.1 Å². The van der Waals surface area contributed by atoms with Gasteiger partial charge in [-0.2, -0.15) is 5.10 Å². The van der Waals surface area contributed by atoms with E-state index in [2.05, 4.69) is 10.1 Å². The maximum Gasteiger partial charge on any atom is 0.331 e. The number of oxazole rings is 1. The average molecular weight is 394 g/mol. The van der Waals surface area contributed by atoms with Crippen LogP contribution in [0.1, 0.15) is 17.1 Å². The molecule has 4 aromatic rings. The van der Waals surface area contributed by atoms with Crippen LogP contribution >= 0.6 is 11.6 Å². The lowest BCUT2D eigenvalue weighted by Crippen LogP contribution is -2.02. The number of aryl methyl sites for hydroxylation is 1. The molecule has 140 valence electrons. The van der Waals surface area contributed by atoms with E-state index in [0.717, 1.165) is 11.2 Å². The van der Waals surface area contributed by atoms with Gasteiger partial charge in [0, 0.05) is 17.7 Å². The second-order valence-corrected chi connectivity index (χ2v) is 6.42. The molecule has 28 heavy (non-hydrogen) atoms. The van der Waals surface area contributed by atoms with Gasteiger partial charge in [0.1, 0.15) is 17.3 Å². The highest BCUT2D eigenvalue weighted by atomic mass is 35.5. The standard InChI is InChI=1S/C21H16ClN3O3/c1-14-16(21(22)25(24-14)15-7-3-2-4-8-15)13-27-20(26)12-11-19-23-17-9-5-6-10-18(17)28-19/h2-12H,13H2,1H3/b12-11+. The van der Waals surface area contributed by atoms with E-state index < -0.39 is 5.97 Å². The van der Waals surface area contributed by atoms with Gasteiger partial charge in [0.15, 0.2) is 5.58 Å². The summed E-state index contributed by atoms with van der Waals surface area (Å²) in [6, 6.07) is 16.9. The molecule has 0 amide bonds. The zero-order valence-corrected chi connectivity index (χ0v) is 15.8. The summed E-state index contributed by atoms with van der Waals surface area (Å²) < 4.78 is 12.5. The number of carbonyl (C=O) groups is 1. The lowest BCUT2D eigenvalue weighted by Gasteiger charge is -2.04. The Hall–Kier alpha value is -3.38. The first-order valence-corrected chi connectivity index (χ1v) is 8.99. The van der Waals surface area contributed by atoms with Crippen LogP contribution in [0, 0.1) is 6.92 Å². The van der Waals surface area contributed by atoms with Crippen molar-refractivity contribution < 1.29 is 13.9 Å². The van der Waals surface area contributed by atoms with Gasteiger partial charge in [0.2, 0.25) is 5.89 Å². The Morgan fingerprint density at radius 2 is 1.93 bits per heavy atom. The highest BCUT2D eigenvalue weighted by Crippen LogP contribution is 2.24. The highest BCUT2D eigenvalue weighted by Gasteiger charge is 2.16. The molecule has 0 saturated carbocycles. The molecule has 0 unspecified atom stereocenters. The molecule has 2 heterocycles. The van der Waals surface area contributed by atoms with Gasteiger partial charge in [0.25, 0.3) is 0 Å². The number of halogens is 1. The Kier molecular flexibility index (Phi) is 4.95. The molecule has 6 nitrogen and oxygen atoms in total. The van der Waals surface area contributed by atoms with Crippen molar-refractivity contribution in [3.8, 4) is 5.69 Å². The summed E-state index contributed by atoms with van der Waals surface area (Å²) in [7, 11) is 0. The molecule has 0 fully saturated rings. The fraction of sp³-hybridized carbons (Fsp3) is 0.0952. The molecule has 0 aliphatic carbocycles. The minimum Gasteiger partial charge on any atom is -0.457 e. The summed E-state index contributed by atoms with van der Waals surface area (Å²) in [5.41, 5.74) is 3.58. The summed E-state index contributed by atoms with van der Waals surface area (Å²) in [5, 5.41) is 4.84. The van der Waals surface area contributed by atoms with Crippen LogP contribution < -0.4 is 0 Å². The fourth-order valence-corrected chi connectivity index (χ4v) is 3.05. The Morgan fingerprint density at radius 1 is 1.18 bits per heavy atom. The van der Waals surface area contributed by atoms with Crippen LogP contribution in [0.3, 0.4) is 0 Å². The third-order valence-corrected chi connectivity index (χ3v) is 4.54. The molecule has 0 aliphatic heterocycles. The third-order valence-electron chi connectivity index (χ3n) is 4.15. The van der Waals surface area contributed by atoms with E-state index >= 15 is 0 Å². The zero-order chi connectivity index (χ0) is 19.5. The molecule has 0 bridgehead atoms. The maximum atomic E-state index is 12.1. The number of esters is 1. The Balaban J connectivity index is 1.44. The van der Waals surface area contributed by atoms with Gasteiger partial charge >= 0.3 is 5.97 Å². The zero-order valence-electron chi connectivity index (χ0n) is 15.0. The van der Waals surface area contributed by atoms with Crippen LogP contribution in [0.25, 0.3) is 22.9 Å². The van der Waals surface area contributed by atoms with E-state index in [4.69, 9.17) is 20.8 Å². The molecule has 4 rings (SSSR count). The third kappa shape index (κ3) is 3.68. The van der Waals surface area contributed by atoms with Gasteiger partial charge in [-0.15, -0.1) is 0 Å². The van der Waals surface area contributed by atoms with E-state index in [9.17, 15) is 4.79 Å². The lowest BCUT2D eigenvalue weighted by molar-refractivity contribution is -0.138. The number of rotatable bonds is 5.